The molecule has 0 aliphatic rings. The van der Waals surface area contributed by atoms with Crippen LogP contribution in [-0.2, 0) is 0 Å². The molecule has 0 bridgehead atoms. The minimum absolute atomic E-state index is 0.0123. The van der Waals surface area contributed by atoms with Gasteiger partial charge in [-0.25, -0.2) is 4.98 Å². The summed E-state index contributed by atoms with van der Waals surface area (Å²) in [5.41, 5.74) is 5.53. The lowest BCUT2D eigenvalue weighted by molar-refractivity contribution is 0.310. The highest BCUT2D eigenvalue weighted by molar-refractivity contribution is 9.10. The number of nitrogens with two attached hydrogens (primary N) is 1. The highest BCUT2D eigenvalue weighted by Crippen LogP contribution is 2.28. The van der Waals surface area contributed by atoms with Crippen LogP contribution in [0.25, 0.3) is 0 Å². The first-order valence-electron chi connectivity index (χ1n) is 5.59. The summed E-state index contributed by atoms with van der Waals surface area (Å²) in [7, 11) is 0. The van der Waals surface area contributed by atoms with E-state index in [0.29, 0.717) is 23.9 Å². The van der Waals surface area contributed by atoms with Crippen molar-refractivity contribution in [2.75, 3.05) is 24.2 Å². The molecule has 0 aliphatic heterocycles. The molecule has 0 unspecified atom stereocenters. The van der Waals surface area contributed by atoms with Gasteiger partial charge in [0.15, 0.2) is 11.6 Å². The first-order chi connectivity index (χ1) is 9.19. The van der Waals surface area contributed by atoms with Crippen LogP contribution in [0.2, 0.25) is 0 Å². The molecule has 0 saturated carbocycles. The number of aromatic nitrogens is 2. The van der Waals surface area contributed by atoms with Crippen LogP contribution in [0.5, 0.6) is 11.5 Å². The SMILES string of the molecule is Nc1ncc(Oc2ccc(Br)cc2)c(NCCO)n1. The van der Waals surface area contributed by atoms with Gasteiger partial charge in [0.05, 0.1) is 12.8 Å². The van der Waals surface area contributed by atoms with Crippen molar-refractivity contribution in [3.05, 3.63) is 34.9 Å². The van der Waals surface area contributed by atoms with E-state index in [0.717, 1.165) is 4.47 Å². The average molecular weight is 325 g/mol. The molecule has 0 saturated heterocycles. The van der Waals surface area contributed by atoms with Crippen molar-refractivity contribution in [1.82, 2.24) is 9.97 Å². The molecule has 0 fully saturated rings. The predicted octanol–water partition coefficient (Wildman–Crippen LogP) is 2.02. The Labute approximate surface area is 118 Å². The van der Waals surface area contributed by atoms with E-state index in [-0.39, 0.29) is 12.6 Å². The van der Waals surface area contributed by atoms with Crippen molar-refractivity contribution in [3.63, 3.8) is 0 Å². The Morgan fingerprint density at radius 3 is 2.74 bits per heavy atom. The van der Waals surface area contributed by atoms with Gasteiger partial charge in [-0.3, -0.25) is 0 Å². The van der Waals surface area contributed by atoms with Crippen LogP contribution in [0.1, 0.15) is 0 Å². The van der Waals surface area contributed by atoms with Crippen LogP contribution < -0.4 is 15.8 Å². The number of hydrogen-bond donors (Lipinski definition) is 3. The van der Waals surface area contributed by atoms with E-state index in [1.54, 1.807) is 0 Å². The van der Waals surface area contributed by atoms with E-state index < -0.39 is 0 Å². The van der Waals surface area contributed by atoms with Gasteiger partial charge in [-0.15, -0.1) is 0 Å². The smallest absolute Gasteiger partial charge is 0.222 e. The Kier molecular flexibility index (Phi) is 4.53. The molecular formula is C12H13BrN4O2. The molecule has 1 aromatic carbocycles. The number of ether oxygens (including phenoxy) is 1. The topological polar surface area (TPSA) is 93.3 Å². The highest BCUT2D eigenvalue weighted by Gasteiger charge is 2.08. The van der Waals surface area contributed by atoms with Crippen molar-refractivity contribution in [3.8, 4) is 11.5 Å². The summed E-state index contributed by atoms with van der Waals surface area (Å²) in [5.74, 6) is 1.70. The zero-order chi connectivity index (χ0) is 13.7. The number of aliphatic hydroxyl groups is 1. The van der Waals surface area contributed by atoms with Gasteiger partial charge in [-0.2, -0.15) is 4.98 Å². The Balaban J connectivity index is 2.20. The van der Waals surface area contributed by atoms with Crippen LogP contribution >= 0.6 is 15.9 Å². The molecule has 7 heteroatoms. The first kappa shape index (κ1) is 13.6. The van der Waals surface area contributed by atoms with Crippen molar-refractivity contribution in [2.45, 2.75) is 0 Å². The summed E-state index contributed by atoms with van der Waals surface area (Å²) in [6.07, 6.45) is 1.49. The molecule has 1 heterocycles. The van der Waals surface area contributed by atoms with Crippen LogP contribution in [-0.4, -0.2) is 28.2 Å². The van der Waals surface area contributed by atoms with E-state index in [1.165, 1.54) is 6.20 Å². The van der Waals surface area contributed by atoms with Gasteiger partial charge < -0.3 is 20.9 Å². The normalized spacial score (nSPS) is 10.2. The molecule has 100 valence electrons. The molecule has 19 heavy (non-hydrogen) atoms. The van der Waals surface area contributed by atoms with Gasteiger partial charge in [0, 0.05) is 11.0 Å². The van der Waals surface area contributed by atoms with Crippen LogP contribution in [0, 0.1) is 0 Å². The summed E-state index contributed by atoms with van der Waals surface area (Å²) in [6.45, 7) is 0.342. The maximum absolute atomic E-state index is 8.82. The van der Waals surface area contributed by atoms with E-state index in [9.17, 15) is 0 Å². The maximum atomic E-state index is 8.82. The fourth-order valence-electron chi connectivity index (χ4n) is 1.39. The zero-order valence-electron chi connectivity index (χ0n) is 10.0. The molecule has 1 aromatic heterocycles. The number of aliphatic hydroxyl groups excluding tert-OH is 1. The molecule has 2 aromatic rings. The third-order valence-corrected chi connectivity index (χ3v) is 2.75. The summed E-state index contributed by atoms with van der Waals surface area (Å²) in [4.78, 5) is 7.93. The van der Waals surface area contributed by atoms with Crippen LogP contribution in [0.3, 0.4) is 0 Å². The van der Waals surface area contributed by atoms with Gasteiger partial charge in [0.2, 0.25) is 5.95 Å². The quantitative estimate of drug-likeness (QED) is 0.779. The molecule has 6 nitrogen and oxygen atoms in total. The van der Waals surface area contributed by atoms with Crippen LogP contribution in [0.15, 0.2) is 34.9 Å². The van der Waals surface area contributed by atoms with Crippen molar-refractivity contribution in [1.29, 1.82) is 0 Å². The largest absolute Gasteiger partial charge is 0.452 e. The monoisotopic (exact) mass is 324 g/mol. The number of nitrogen functional groups attached to an aromatic ring is 1. The minimum atomic E-state index is -0.0123. The molecule has 0 amide bonds. The first-order valence-corrected chi connectivity index (χ1v) is 6.39. The third kappa shape index (κ3) is 3.80. The fraction of sp³-hybridized carbons (Fsp3) is 0.167. The van der Waals surface area contributed by atoms with E-state index >= 15 is 0 Å². The maximum Gasteiger partial charge on any atom is 0.222 e. The number of nitrogens with one attached hydrogen (secondary N) is 1. The number of nitrogens with zero attached hydrogens (tertiary/aromatic N) is 2. The molecule has 0 spiro atoms. The molecule has 0 radical (unpaired) electrons. The zero-order valence-corrected chi connectivity index (χ0v) is 11.6. The highest BCUT2D eigenvalue weighted by atomic mass is 79.9. The Hall–Kier alpha value is -1.86. The number of benzene rings is 1. The van der Waals surface area contributed by atoms with Crippen LogP contribution in [0.4, 0.5) is 11.8 Å². The lowest BCUT2D eigenvalue weighted by atomic mass is 10.3. The number of halogens is 1. The van der Waals surface area contributed by atoms with Gasteiger partial charge in [-0.1, -0.05) is 15.9 Å². The molecular weight excluding hydrogens is 312 g/mol. The minimum Gasteiger partial charge on any atom is -0.452 e. The van der Waals surface area contributed by atoms with Gasteiger partial charge in [-0.05, 0) is 24.3 Å². The molecule has 2 rings (SSSR count). The summed E-state index contributed by atoms with van der Waals surface area (Å²) >= 11 is 3.35. The number of rotatable bonds is 5. The van der Waals surface area contributed by atoms with E-state index in [2.05, 4.69) is 31.2 Å². The Morgan fingerprint density at radius 2 is 2.05 bits per heavy atom. The summed E-state index contributed by atoms with van der Waals surface area (Å²) in [5, 5.41) is 11.7. The predicted molar refractivity (Wildman–Crippen MR) is 76.2 cm³/mol. The Morgan fingerprint density at radius 1 is 1.32 bits per heavy atom. The van der Waals surface area contributed by atoms with Gasteiger partial charge in [0.25, 0.3) is 0 Å². The number of anilines is 2. The average Bonchev–Trinajstić information content (AvgIpc) is 2.41. The molecule has 0 atom stereocenters. The summed E-state index contributed by atoms with van der Waals surface area (Å²) in [6, 6.07) is 7.37. The van der Waals surface area contributed by atoms with Crippen molar-refractivity contribution in [2.24, 2.45) is 0 Å². The van der Waals surface area contributed by atoms with Crippen molar-refractivity contribution >= 4 is 27.7 Å². The number of hydrogen-bond acceptors (Lipinski definition) is 6. The fourth-order valence-corrected chi connectivity index (χ4v) is 1.65. The molecule has 0 aliphatic carbocycles. The van der Waals surface area contributed by atoms with E-state index in [4.69, 9.17) is 15.6 Å². The van der Waals surface area contributed by atoms with Gasteiger partial charge in [0.1, 0.15) is 5.75 Å². The standard InChI is InChI=1S/C12H13BrN4O2/c13-8-1-3-9(4-2-8)19-10-7-16-12(14)17-11(10)15-5-6-18/h1-4,7,18H,5-6H2,(H3,14,15,16,17). The lowest BCUT2D eigenvalue weighted by Gasteiger charge is -2.11. The lowest BCUT2D eigenvalue weighted by Crippen LogP contribution is -2.09. The van der Waals surface area contributed by atoms with Crippen molar-refractivity contribution < 1.29 is 9.84 Å². The second kappa shape index (κ2) is 6.35. The molecule has 4 N–H and O–H groups in total. The second-order valence-corrected chi connectivity index (χ2v) is 4.56. The van der Waals surface area contributed by atoms with Gasteiger partial charge >= 0.3 is 0 Å². The van der Waals surface area contributed by atoms with E-state index in [1.807, 2.05) is 24.3 Å². The summed E-state index contributed by atoms with van der Waals surface area (Å²) < 4.78 is 6.64. The second-order valence-electron chi connectivity index (χ2n) is 3.65. The third-order valence-electron chi connectivity index (χ3n) is 2.22. The Bertz CT molecular complexity index is 548.